The Balaban J connectivity index is 1.58. The predicted molar refractivity (Wildman–Crippen MR) is 201 cm³/mol. The van der Waals surface area contributed by atoms with Crippen LogP contribution in [0.2, 0.25) is 0 Å². The summed E-state index contributed by atoms with van der Waals surface area (Å²) in [5, 5.41) is 24.5. The van der Waals surface area contributed by atoms with E-state index in [1.807, 2.05) is 100 Å². The van der Waals surface area contributed by atoms with Crippen molar-refractivity contribution in [1.82, 2.24) is 26.3 Å². The molecule has 1 heterocycles. The first-order valence-electron chi connectivity index (χ1n) is 17.9. The molecular weight excluding hydrogens is 658 g/mol. The quantitative estimate of drug-likeness (QED) is 0.0973. The largest absolute Gasteiger partial charge is 0.445 e. The molecule has 0 saturated carbocycles. The average Bonchev–Trinajstić information content (AvgIpc) is 3.13. The van der Waals surface area contributed by atoms with Crippen LogP contribution in [0, 0.1) is 5.92 Å². The summed E-state index contributed by atoms with van der Waals surface area (Å²) in [6.45, 7) is 7.77. The molecule has 5 N–H and O–H groups in total. The summed E-state index contributed by atoms with van der Waals surface area (Å²) in [4.78, 5) is 58.1. The van der Waals surface area contributed by atoms with E-state index in [0.717, 1.165) is 33.9 Å². The minimum Gasteiger partial charge on any atom is -0.445 e. The highest BCUT2D eigenvalue weighted by Crippen LogP contribution is 2.20. The van der Waals surface area contributed by atoms with Gasteiger partial charge in [-0.05, 0) is 65.3 Å². The summed E-state index contributed by atoms with van der Waals surface area (Å²) in [7, 11) is 0. The molecule has 11 heteroatoms. The molecule has 4 amide bonds. The number of rotatable bonds is 18. The number of ether oxygens (including phenoxy) is 1. The molecule has 11 nitrogen and oxygen atoms in total. The van der Waals surface area contributed by atoms with E-state index in [2.05, 4.69) is 26.3 Å². The van der Waals surface area contributed by atoms with E-state index >= 15 is 0 Å². The molecule has 0 bridgehead atoms. The van der Waals surface area contributed by atoms with Crippen molar-refractivity contribution in [3.63, 3.8) is 0 Å². The first-order chi connectivity index (χ1) is 25.0. The van der Waals surface area contributed by atoms with E-state index < -0.39 is 42.1 Å². The van der Waals surface area contributed by atoms with Gasteiger partial charge in [0, 0.05) is 31.3 Å². The lowest BCUT2D eigenvalue weighted by atomic mass is 9.95. The lowest BCUT2D eigenvalue weighted by Gasteiger charge is -2.29. The van der Waals surface area contributed by atoms with Gasteiger partial charge in [0.1, 0.15) is 18.7 Å². The van der Waals surface area contributed by atoms with Gasteiger partial charge in [0.15, 0.2) is 0 Å². The molecule has 0 saturated heterocycles. The second-order valence-electron chi connectivity index (χ2n) is 13.6. The highest BCUT2D eigenvalue weighted by Gasteiger charge is 2.32. The summed E-state index contributed by atoms with van der Waals surface area (Å²) < 4.78 is 5.48. The fraction of sp³-hybridized carbons (Fsp3) is 0.390. The van der Waals surface area contributed by atoms with E-state index in [4.69, 9.17) is 4.74 Å². The Kier molecular flexibility index (Phi) is 15.1. The number of fused-ring (bicyclic) bond motifs is 1. The van der Waals surface area contributed by atoms with Crippen molar-refractivity contribution in [2.45, 2.75) is 96.7 Å². The lowest BCUT2D eigenvalue weighted by Crippen LogP contribution is -2.57. The Labute approximate surface area is 305 Å². The van der Waals surface area contributed by atoms with Gasteiger partial charge in [-0.2, -0.15) is 0 Å². The number of carbonyl (C=O) groups is 4. The number of pyridine rings is 1. The number of hydrogen-bond donors (Lipinski definition) is 5. The zero-order valence-electron chi connectivity index (χ0n) is 30.4. The summed E-state index contributed by atoms with van der Waals surface area (Å²) >= 11 is 0. The fourth-order valence-corrected chi connectivity index (χ4v) is 5.91. The molecule has 5 atom stereocenters. The number of benzene rings is 3. The van der Waals surface area contributed by atoms with Crippen molar-refractivity contribution in [2.75, 3.05) is 0 Å². The summed E-state index contributed by atoms with van der Waals surface area (Å²) in [5.41, 5.74) is 2.36. The molecule has 0 radical (unpaired) electrons. The van der Waals surface area contributed by atoms with E-state index in [9.17, 15) is 24.3 Å². The van der Waals surface area contributed by atoms with Gasteiger partial charge in [0.2, 0.25) is 17.7 Å². The number of alkyl carbamates (subject to hydrolysis) is 1. The number of aliphatic hydroxyl groups is 1. The molecule has 1 aromatic heterocycles. The minimum absolute atomic E-state index is 0.0112. The van der Waals surface area contributed by atoms with Crippen LogP contribution in [0.3, 0.4) is 0 Å². The van der Waals surface area contributed by atoms with Crippen LogP contribution in [0.1, 0.15) is 63.6 Å². The highest BCUT2D eigenvalue weighted by molar-refractivity contribution is 5.93. The Bertz CT molecular complexity index is 1750. The van der Waals surface area contributed by atoms with E-state index in [0.29, 0.717) is 6.42 Å². The van der Waals surface area contributed by atoms with Crippen LogP contribution < -0.4 is 21.3 Å². The molecular formula is C41H51N5O6. The van der Waals surface area contributed by atoms with Crippen molar-refractivity contribution in [1.29, 1.82) is 0 Å². The number of aliphatic hydroxyl groups excluding tert-OH is 1. The smallest absolute Gasteiger partial charge is 0.408 e. The van der Waals surface area contributed by atoms with Crippen LogP contribution >= 0.6 is 0 Å². The number of nitrogens with zero attached hydrogens (tertiary/aromatic N) is 1. The number of hydrogen-bond acceptors (Lipinski definition) is 7. The molecule has 276 valence electrons. The van der Waals surface area contributed by atoms with Gasteiger partial charge >= 0.3 is 6.09 Å². The monoisotopic (exact) mass is 709 g/mol. The second-order valence-corrected chi connectivity index (χ2v) is 13.6. The lowest BCUT2D eigenvalue weighted by molar-refractivity contribution is -0.131. The first kappa shape index (κ1) is 39.5. The van der Waals surface area contributed by atoms with Crippen molar-refractivity contribution in [2.24, 2.45) is 5.92 Å². The topological polar surface area (TPSA) is 159 Å². The molecule has 52 heavy (non-hydrogen) atoms. The maximum Gasteiger partial charge on any atom is 0.408 e. The van der Waals surface area contributed by atoms with E-state index in [-0.39, 0.29) is 43.7 Å². The molecule has 0 aliphatic rings. The molecule has 4 rings (SSSR count). The van der Waals surface area contributed by atoms with Crippen LogP contribution in [-0.2, 0) is 38.6 Å². The summed E-state index contributed by atoms with van der Waals surface area (Å²) in [6, 6.07) is 23.2. The van der Waals surface area contributed by atoms with Crippen LogP contribution in [-0.4, -0.2) is 64.2 Å². The van der Waals surface area contributed by atoms with Crippen molar-refractivity contribution >= 4 is 34.6 Å². The molecule has 0 aliphatic carbocycles. The predicted octanol–water partition coefficient (Wildman–Crippen LogP) is 5.00. The molecule has 3 aromatic carbocycles. The number of aromatic nitrogens is 1. The van der Waals surface area contributed by atoms with Gasteiger partial charge in [0.05, 0.1) is 18.6 Å². The molecule has 4 aromatic rings. The van der Waals surface area contributed by atoms with Crippen molar-refractivity contribution < 1.29 is 29.0 Å². The fourth-order valence-electron chi connectivity index (χ4n) is 5.91. The van der Waals surface area contributed by atoms with E-state index in [1.54, 1.807) is 24.5 Å². The standard InChI is InChI=1S/C41H51N5O6/c1-5-28(4)43-38(48)25-37(47)34(22-27(2)3)44-39(49)35(23-29-18-20-42-21-19-29)45-40(50)36(46-41(51)52-26-30-12-7-6-8-13-30)24-32-16-11-15-31-14-9-10-17-33(31)32/h6-21,27-28,34-37,47H,5,22-26H2,1-4H3,(H,43,48)(H,44,49)(H,45,50)(H,46,51)/t28?,34?,35-,36-,37?/m0/s1. The maximum absolute atomic E-state index is 14.2. The zero-order chi connectivity index (χ0) is 37.5. The number of nitrogens with one attached hydrogen (secondary N) is 4. The third-order valence-corrected chi connectivity index (χ3v) is 8.88. The Morgan fingerprint density at radius 3 is 2.10 bits per heavy atom. The van der Waals surface area contributed by atoms with Gasteiger partial charge in [-0.3, -0.25) is 19.4 Å². The Morgan fingerprint density at radius 1 is 0.731 bits per heavy atom. The Hall–Kier alpha value is -5.29. The number of carbonyl (C=O) groups excluding carboxylic acids is 4. The summed E-state index contributed by atoms with van der Waals surface area (Å²) in [5.74, 6) is -1.35. The minimum atomic E-state index is -1.16. The van der Waals surface area contributed by atoms with Crippen LogP contribution in [0.15, 0.2) is 97.3 Å². The SMILES string of the molecule is CCC(C)NC(=O)CC(O)C(CC(C)C)NC(=O)[C@H](Cc1ccncc1)NC(=O)[C@H](Cc1cccc2ccccc12)NC(=O)OCc1ccccc1. The third kappa shape index (κ3) is 12.5. The third-order valence-electron chi connectivity index (χ3n) is 8.88. The molecule has 3 unspecified atom stereocenters. The molecule has 0 spiro atoms. The molecule has 0 fully saturated rings. The average molecular weight is 710 g/mol. The van der Waals surface area contributed by atoms with Crippen molar-refractivity contribution in [3.05, 3.63) is 114 Å². The van der Waals surface area contributed by atoms with Crippen LogP contribution in [0.4, 0.5) is 4.79 Å². The van der Waals surface area contributed by atoms with Gasteiger partial charge in [-0.25, -0.2) is 4.79 Å². The normalized spacial score (nSPS) is 14.0. The highest BCUT2D eigenvalue weighted by atomic mass is 16.5. The number of amides is 4. The summed E-state index contributed by atoms with van der Waals surface area (Å²) in [6.07, 6.45) is 2.44. The van der Waals surface area contributed by atoms with Gasteiger partial charge in [-0.15, -0.1) is 0 Å². The van der Waals surface area contributed by atoms with Crippen molar-refractivity contribution in [3.8, 4) is 0 Å². The first-order valence-corrected chi connectivity index (χ1v) is 17.9. The molecule has 0 aliphatic heterocycles. The van der Waals surface area contributed by atoms with E-state index in [1.165, 1.54) is 0 Å². The van der Waals surface area contributed by atoms with Crippen LogP contribution in [0.5, 0.6) is 0 Å². The van der Waals surface area contributed by atoms with Gasteiger partial charge in [-0.1, -0.05) is 93.6 Å². The second kappa shape index (κ2) is 19.9. The Morgan fingerprint density at radius 2 is 1.38 bits per heavy atom. The zero-order valence-corrected chi connectivity index (χ0v) is 30.4. The van der Waals surface area contributed by atoms with Crippen LogP contribution in [0.25, 0.3) is 10.8 Å². The maximum atomic E-state index is 14.2. The van der Waals surface area contributed by atoms with Gasteiger partial charge in [0.25, 0.3) is 0 Å². The van der Waals surface area contributed by atoms with Gasteiger partial charge < -0.3 is 31.1 Å².